The zero-order valence-corrected chi connectivity index (χ0v) is 17.9. The molecule has 3 aromatic carbocycles. The van der Waals surface area contributed by atoms with Crippen LogP contribution in [0.5, 0.6) is 0 Å². The van der Waals surface area contributed by atoms with Gasteiger partial charge in [0.1, 0.15) is 5.78 Å². The van der Waals surface area contributed by atoms with Gasteiger partial charge in [-0.05, 0) is 36.8 Å². The summed E-state index contributed by atoms with van der Waals surface area (Å²) in [4.78, 5) is 23.4. The molecule has 3 aromatic rings. The van der Waals surface area contributed by atoms with E-state index in [-0.39, 0.29) is 24.6 Å². The zero-order chi connectivity index (χ0) is 22.3. The van der Waals surface area contributed by atoms with E-state index in [2.05, 4.69) is 5.32 Å². The maximum atomic E-state index is 14.1. The summed E-state index contributed by atoms with van der Waals surface area (Å²) < 4.78 is 19.9. The average molecular weight is 438 g/mol. The lowest BCUT2D eigenvalue weighted by Crippen LogP contribution is -2.39. The number of nitrogens with one attached hydrogen (secondary N) is 1. The molecule has 160 valence electrons. The van der Waals surface area contributed by atoms with Crippen molar-refractivity contribution in [1.29, 1.82) is 0 Å². The van der Waals surface area contributed by atoms with Crippen molar-refractivity contribution in [3.05, 3.63) is 106 Å². The van der Waals surface area contributed by atoms with Crippen LogP contribution in [0.25, 0.3) is 0 Å². The van der Waals surface area contributed by atoms with Gasteiger partial charge in [0.25, 0.3) is 19.0 Å². The highest BCUT2D eigenvalue weighted by atomic mass is 31.2. The number of benzene rings is 3. The summed E-state index contributed by atoms with van der Waals surface area (Å²) in [7, 11) is -3.52. The smallest absolute Gasteiger partial charge is 0.269 e. The molecule has 0 saturated heterocycles. The third-order valence-electron chi connectivity index (χ3n) is 4.76. The number of hydrogen-bond donors (Lipinski definition) is 1. The number of carbonyl (C=O) groups excluding carboxylic acids is 1. The van der Waals surface area contributed by atoms with Crippen LogP contribution in [0.3, 0.4) is 0 Å². The van der Waals surface area contributed by atoms with Crippen LogP contribution in [-0.2, 0) is 15.5 Å². The van der Waals surface area contributed by atoms with Gasteiger partial charge in [-0.25, -0.2) is 0 Å². The minimum atomic E-state index is -3.52. The van der Waals surface area contributed by atoms with Crippen molar-refractivity contribution < 1.29 is 18.8 Å². The van der Waals surface area contributed by atoms with Gasteiger partial charge in [-0.15, -0.1) is 0 Å². The molecule has 31 heavy (non-hydrogen) atoms. The molecule has 2 unspecified atom stereocenters. The summed E-state index contributed by atoms with van der Waals surface area (Å²) in [6.45, 7) is 1.95. The largest absolute Gasteiger partial charge is 0.339 e. The van der Waals surface area contributed by atoms with E-state index in [0.717, 1.165) is 0 Å². The number of nitro groups is 1. The van der Waals surface area contributed by atoms with Gasteiger partial charge in [0.15, 0.2) is 0 Å². The van der Waals surface area contributed by atoms with Crippen molar-refractivity contribution in [2.75, 3.05) is 6.61 Å². The van der Waals surface area contributed by atoms with Gasteiger partial charge < -0.3 is 9.84 Å². The molecule has 0 aliphatic carbocycles. The standard InChI is InChI=1S/C23H23N2O5P/c1-2-30-31(29,21-11-7-4-8-12-21)22(24-23(26)19-9-5-3-6-10-19)17-18-13-15-20(16-14-18)25(27)28/h3-16,22H,2,17H2,1H3,(H,24,26). The van der Waals surface area contributed by atoms with Gasteiger partial charge in [-0.3, -0.25) is 19.5 Å². The lowest BCUT2D eigenvalue weighted by molar-refractivity contribution is -0.384. The Kier molecular flexibility index (Phi) is 7.34. The molecule has 7 nitrogen and oxygen atoms in total. The highest BCUT2D eigenvalue weighted by molar-refractivity contribution is 7.67. The molecule has 0 aliphatic heterocycles. The first-order chi connectivity index (χ1) is 14.9. The fourth-order valence-electron chi connectivity index (χ4n) is 3.23. The molecule has 0 spiro atoms. The maximum absolute atomic E-state index is 14.1. The molecule has 2 atom stereocenters. The van der Waals surface area contributed by atoms with Crippen LogP contribution < -0.4 is 10.6 Å². The third kappa shape index (κ3) is 5.45. The third-order valence-corrected chi connectivity index (χ3v) is 7.55. The molecular weight excluding hydrogens is 415 g/mol. The van der Waals surface area contributed by atoms with Crippen molar-refractivity contribution in [3.63, 3.8) is 0 Å². The summed E-state index contributed by atoms with van der Waals surface area (Å²) in [6.07, 6.45) is 0.183. The monoisotopic (exact) mass is 438 g/mol. The minimum Gasteiger partial charge on any atom is -0.339 e. The second kappa shape index (κ2) is 10.2. The van der Waals surface area contributed by atoms with Gasteiger partial charge >= 0.3 is 0 Å². The number of hydrogen-bond acceptors (Lipinski definition) is 5. The number of carbonyl (C=O) groups is 1. The molecule has 8 heteroatoms. The Morgan fingerprint density at radius 3 is 2.13 bits per heavy atom. The summed E-state index contributed by atoms with van der Waals surface area (Å²) in [5.74, 6) is -1.23. The molecule has 0 bridgehead atoms. The predicted molar refractivity (Wildman–Crippen MR) is 120 cm³/mol. The fraction of sp³-hybridized carbons (Fsp3) is 0.174. The normalized spacial score (nSPS) is 13.7. The summed E-state index contributed by atoms with van der Waals surface area (Å²) >= 11 is 0. The van der Waals surface area contributed by atoms with E-state index in [9.17, 15) is 19.5 Å². The highest BCUT2D eigenvalue weighted by Crippen LogP contribution is 2.50. The minimum absolute atomic E-state index is 0.0373. The van der Waals surface area contributed by atoms with Crippen LogP contribution in [0.4, 0.5) is 5.69 Å². The maximum Gasteiger partial charge on any atom is 0.269 e. The van der Waals surface area contributed by atoms with Gasteiger partial charge in [0, 0.05) is 29.4 Å². The molecule has 0 aromatic heterocycles. The first-order valence-corrected chi connectivity index (χ1v) is 11.5. The van der Waals surface area contributed by atoms with Crippen molar-refractivity contribution >= 4 is 24.3 Å². The van der Waals surface area contributed by atoms with Crippen LogP contribution in [0.1, 0.15) is 22.8 Å². The summed E-state index contributed by atoms with van der Waals surface area (Å²) in [6, 6.07) is 23.4. The Balaban J connectivity index is 1.98. The topological polar surface area (TPSA) is 98.5 Å². The SMILES string of the molecule is CCOP(=O)(c1ccccc1)C(Cc1ccc([N+](=O)[O-])cc1)NC(=O)c1ccccc1. The van der Waals surface area contributed by atoms with E-state index in [1.165, 1.54) is 12.1 Å². The second-order valence-corrected chi connectivity index (χ2v) is 9.43. The van der Waals surface area contributed by atoms with Crippen molar-refractivity contribution in [2.24, 2.45) is 0 Å². The fourth-order valence-corrected chi connectivity index (χ4v) is 5.63. The van der Waals surface area contributed by atoms with Crippen molar-refractivity contribution in [2.45, 2.75) is 19.1 Å². The van der Waals surface area contributed by atoms with Crippen molar-refractivity contribution in [1.82, 2.24) is 5.32 Å². The van der Waals surface area contributed by atoms with Gasteiger partial charge in [0.2, 0.25) is 0 Å². The molecular formula is C23H23N2O5P. The number of nitrogens with zero attached hydrogens (tertiary/aromatic N) is 1. The van der Waals surface area contributed by atoms with Crippen molar-refractivity contribution in [3.8, 4) is 0 Å². The van der Waals surface area contributed by atoms with E-state index < -0.39 is 18.1 Å². The van der Waals surface area contributed by atoms with Crippen LogP contribution in [0, 0.1) is 10.1 Å². The second-order valence-electron chi connectivity index (χ2n) is 6.83. The molecule has 1 N–H and O–H groups in total. The molecule has 0 aliphatic rings. The summed E-state index contributed by atoms with van der Waals surface area (Å²) in [5, 5.41) is 14.3. The van der Waals surface area contributed by atoms with Gasteiger partial charge in [-0.2, -0.15) is 0 Å². The van der Waals surface area contributed by atoms with E-state index >= 15 is 0 Å². The van der Waals surface area contributed by atoms with Crippen LogP contribution >= 0.6 is 7.37 Å². The number of nitro benzene ring substituents is 1. The van der Waals surface area contributed by atoms with Crippen LogP contribution in [0.2, 0.25) is 0 Å². The first kappa shape index (κ1) is 22.4. The Hall–Kier alpha value is -3.28. The highest BCUT2D eigenvalue weighted by Gasteiger charge is 2.37. The predicted octanol–water partition coefficient (Wildman–Crippen LogP) is 4.53. The quantitative estimate of drug-likeness (QED) is 0.301. The molecule has 3 rings (SSSR count). The van der Waals surface area contributed by atoms with E-state index in [4.69, 9.17) is 4.52 Å². The Morgan fingerprint density at radius 1 is 1.00 bits per heavy atom. The zero-order valence-electron chi connectivity index (χ0n) is 17.0. The van der Waals surface area contributed by atoms with Crippen LogP contribution in [-0.4, -0.2) is 23.2 Å². The lowest BCUT2D eigenvalue weighted by Gasteiger charge is -2.28. The molecule has 0 radical (unpaired) electrons. The number of rotatable bonds is 9. The van der Waals surface area contributed by atoms with E-state index in [0.29, 0.717) is 16.4 Å². The first-order valence-electron chi connectivity index (χ1n) is 9.83. The molecule has 1 amide bonds. The van der Waals surface area contributed by atoms with Gasteiger partial charge in [0.05, 0.1) is 11.5 Å². The number of amides is 1. The average Bonchev–Trinajstić information content (AvgIpc) is 2.80. The van der Waals surface area contributed by atoms with Crippen LogP contribution in [0.15, 0.2) is 84.9 Å². The molecule has 0 fully saturated rings. The van der Waals surface area contributed by atoms with E-state index in [1.807, 2.05) is 6.07 Å². The van der Waals surface area contributed by atoms with E-state index in [1.54, 1.807) is 73.7 Å². The Labute approximate surface area is 180 Å². The molecule has 0 heterocycles. The molecule has 0 saturated carbocycles. The summed E-state index contributed by atoms with van der Waals surface area (Å²) in [5.41, 5.74) is 1.09. The Morgan fingerprint density at radius 2 is 1.58 bits per heavy atom. The lowest BCUT2D eigenvalue weighted by atomic mass is 10.1. The Bertz CT molecular complexity index is 1070. The van der Waals surface area contributed by atoms with Gasteiger partial charge in [-0.1, -0.05) is 48.5 Å². The number of non-ortho nitro benzene ring substituents is 1.